The quantitative estimate of drug-likeness (QED) is 0.593. The highest BCUT2D eigenvalue weighted by Crippen LogP contribution is 2.37. The van der Waals surface area contributed by atoms with Crippen LogP contribution in [0.5, 0.6) is 5.75 Å². The van der Waals surface area contributed by atoms with Gasteiger partial charge >= 0.3 is 5.51 Å². The molecule has 1 saturated heterocycles. The van der Waals surface area contributed by atoms with Crippen LogP contribution in [0.1, 0.15) is 17.3 Å². The summed E-state index contributed by atoms with van der Waals surface area (Å²) in [7, 11) is -3.96. The van der Waals surface area contributed by atoms with Crippen LogP contribution >= 0.6 is 11.8 Å². The second-order valence-electron chi connectivity index (χ2n) is 6.47. The highest BCUT2D eigenvalue weighted by molar-refractivity contribution is 8.00. The number of anilines is 1. The standard InChI is InChI=1S/C19H20F3N3O5S2/c1-2-30-15-6-5-13(12-16(15)32(27,28)25-8-10-29-11-9-25)24-17(26)14-4-3-7-23-18(14)31-19(20,21)22/h3-7,12H,2,8-11H2,1H3,(H,24,26). The van der Waals surface area contributed by atoms with Gasteiger partial charge in [0.25, 0.3) is 5.91 Å². The molecule has 8 nitrogen and oxygen atoms in total. The highest BCUT2D eigenvalue weighted by atomic mass is 32.2. The van der Waals surface area contributed by atoms with Gasteiger partial charge in [-0.3, -0.25) is 4.79 Å². The third-order valence-corrected chi connectivity index (χ3v) is 6.99. The lowest BCUT2D eigenvalue weighted by Gasteiger charge is -2.27. The molecular weight excluding hydrogens is 471 g/mol. The summed E-state index contributed by atoms with van der Waals surface area (Å²) in [6.45, 7) is 2.74. The number of thioether (sulfide) groups is 1. The number of benzene rings is 1. The Morgan fingerprint density at radius 2 is 2.00 bits per heavy atom. The van der Waals surface area contributed by atoms with Gasteiger partial charge in [0.05, 0.1) is 25.4 Å². The van der Waals surface area contributed by atoms with E-state index in [1.807, 2.05) is 0 Å². The number of pyridine rings is 1. The molecule has 1 aromatic carbocycles. The molecular formula is C19H20F3N3O5S2. The van der Waals surface area contributed by atoms with Gasteiger partial charge in [-0.05, 0) is 37.3 Å². The van der Waals surface area contributed by atoms with Crippen LogP contribution in [0.3, 0.4) is 0 Å². The largest absolute Gasteiger partial charge is 0.492 e. The molecule has 2 aromatic rings. The van der Waals surface area contributed by atoms with E-state index in [1.54, 1.807) is 6.92 Å². The van der Waals surface area contributed by atoms with Gasteiger partial charge in [0.1, 0.15) is 15.7 Å². The molecule has 1 aliphatic rings. The van der Waals surface area contributed by atoms with Gasteiger partial charge in [0, 0.05) is 36.7 Å². The van der Waals surface area contributed by atoms with Gasteiger partial charge in [0.15, 0.2) is 0 Å². The molecule has 0 atom stereocenters. The van der Waals surface area contributed by atoms with Crippen molar-refractivity contribution in [1.82, 2.24) is 9.29 Å². The Labute approximate surface area is 187 Å². The maximum absolute atomic E-state index is 13.1. The molecule has 1 fully saturated rings. The lowest BCUT2D eigenvalue weighted by molar-refractivity contribution is -0.0329. The molecule has 2 heterocycles. The number of nitrogens with one attached hydrogen (secondary N) is 1. The van der Waals surface area contributed by atoms with E-state index in [-0.39, 0.29) is 54.8 Å². The van der Waals surface area contributed by atoms with Gasteiger partial charge in [-0.1, -0.05) is 0 Å². The Bertz CT molecular complexity index is 1070. The number of ether oxygens (including phenoxy) is 2. The van der Waals surface area contributed by atoms with E-state index in [1.165, 1.54) is 34.6 Å². The molecule has 0 radical (unpaired) electrons. The van der Waals surface area contributed by atoms with E-state index in [0.717, 1.165) is 6.20 Å². The summed E-state index contributed by atoms with van der Waals surface area (Å²) in [6, 6.07) is 6.56. The summed E-state index contributed by atoms with van der Waals surface area (Å²) in [4.78, 5) is 16.1. The Morgan fingerprint density at radius 3 is 2.66 bits per heavy atom. The summed E-state index contributed by atoms with van der Waals surface area (Å²) in [6.07, 6.45) is 1.15. The normalized spacial score (nSPS) is 15.4. The zero-order valence-corrected chi connectivity index (χ0v) is 18.5. The minimum atomic E-state index is -4.62. The molecule has 0 spiro atoms. The molecule has 0 unspecified atom stereocenters. The topological polar surface area (TPSA) is 97.8 Å². The maximum Gasteiger partial charge on any atom is 0.447 e. The van der Waals surface area contributed by atoms with Gasteiger partial charge < -0.3 is 14.8 Å². The van der Waals surface area contributed by atoms with E-state index in [2.05, 4.69) is 10.3 Å². The molecule has 3 rings (SSSR count). The van der Waals surface area contributed by atoms with Crippen LogP contribution in [-0.4, -0.2) is 62.0 Å². The van der Waals surface area contributed by atoms with Crippen molar-refractivity contribution < 1.29 is 35.9 Å². The number of sulfonamides is 1. The van der Waals surface area contributed by atoms with Gasteiger partial charge in [-0.15, -0.1) is 0 Å². The maximum atomic E-state index is 13.1. The minimum absolute atomic E-state index is 0.0806. The van der Waals surface area contributed by atoms with E-state index < -0.39 is 38.2 Å². The fraction of sp³-hybridized carbons (Fsp3) is 0.368. The number of hydrogen-bond donors (Lipinski definition) is 1. The first-order valence-electron chi connectivity index (χ1n) is 9.48. The minimum Gasteiger partial charge on any atom is -0.492 e. The lowest BCUT2D eigenvalue weighted by Crippen LogP contribution is -2.40. The molecule has 1 aromatic heterocycles. The number of aromatic nitrogens is 1. The molecule has 32 heavy (non-hydrogen) atoms. The molecule has 13 heteroatoms. The molecule has 174 valence electrons. The van der Waals surface area contributed by atoms with Crippen LogP contribution in [0.2, 0.25) is 0 Å². The molecule has 1 amide bonds. The molecule has 1 aliphatic heterocycles. The number of carbonyl (C=O) groups excluding carboxylic acids is 1. The summed E-state index contributed by atoms with van der Waals surface area (Å²) in [5.74, 6) is -0.754. The van der Waals surface area contributed by atoms with Crippen LogP contribution in [0.4, 0.5) is 18.9 Å². The number of carbonyl (C=O) groups is 1. The Kier molecular flexibility index (Phi) is 7.64. The van der Waals surface area contributed by atoms with Crippen LogP contribution in [-0.2, 0) is 14.8 Å². The third-order valence-electron chi connectivity index (χ3n) is 4.32. The summed E-state index contributed by atoms with van der Waals surface area (Å²) in [5, 5.41) is 1.94. The number of alkyl halides is 3. The fourth-order valence-electron chi connectivity index (χ4n) is 2.94. The monoisotopic (exact) mass is 491 g/mol. The first-order chi connectivity index (χ1) is 15.1. The van der Waals surface area contributed by atoms with E-state index >= 15 is 0 Å². The molecule has 0 aliphatic carbocycles. The second-order valence-corrected chi connectivity index (χ2v) is 9.43. The van der Waals surface area contributed by atoms with Crippen molar-refractivity contribution in [3.8, 4) is 5.75 Å². The number of nitrogens with zero attached hydrogens (tertiary/aromatic N) is 2. The Hall–Kier alpha value is -2.35. The number of hydrogen-bond acceptors (Lipinski definition) is 7. The van der Waals surface area contributed by atoms with E-state index in [4.69, 9.17) is 9.47 Å². The molecule has 1 N–H and O–H groups in total. The van der Waals surface area contributed by atoms with Crippen molar-refractivity contribution in [2.24, 2.45) is 0 Å². The van der Waals surface area contributed by atoms with Gasteiger partial charge in [-0.2, -0.15) is 17.5 Å². The molecule has 0 bridgehead atoms. The number of amides is 1. The van der Waals surface area contributed by atoms with Gasteiger partial charge in [-0.25, -0.2) is 13.4 Å². The first-order valence-corrected chi connectivity index (χ1v) is 11.7. The van der Waals surface area contributed by atoms with Crippen LogP contribution in [0, 0.1) is 0 Å². The molecule has 0 saturated carbocycles. The first kappa shape index (κ1) is 24.3. The van der Waals surface area contributed by atoms with Crippen molar-refractivity contribution in [2.75, 3.05) is 38.2 Å². The zero-order chi connectivity index (χ0) is 23.4. The predicted molar refractivity (Wildman–Crippen MR) is 111 cm³/mol. The van der Waals surface area contributed by atoms with Crippen molar-refractivity contribution in [1.29, 1.82) is 0 Å². The highest BCUT2D eigenvalue weighted by Gasteiger charge is 2.33. The number of halogens is 3. The van der Waals surface area contributed by atoms with E-state index in [9.17, 15) is 26.4 Å². The predicted octanol–water partition coefficient (Wildman–Crippen LogP) is 3.37. The van der Waals surface area contributed by atoms with Crippen LogP contribution < -0.4 is 10.1 Å². The fourth-order valence-corrected chi connectivity index (χ4v) is 5.11. The average molecular weight is 492 g/mol. The average Bonchev–Trinajstić information content (AvgIpc) is 2.74. The Morgan fingerprint density at radius 1 is 1.28 bits per heavy atom. The Balaban J connectivity index is 1.92. The SMILES string of the molecule is CCOc1ccc(NC(=O)c2cccnc2SC(F)(F)F)cc1S(=O)(=O)N1CCOCC1. The second kappa shape index (κ2) is 10.1. The van der Waals surface area contributed by atoms with Gasteiger partial charge in [0.2, 0.25) is 10.0 Å². The number of rotatable bonds is 7. The lowest BCUT2D eigenvalue weighted by atomic mass is 10.2. The van der Waals surface area contributed by atoms with Crippen molar-refractivity contribution in [2.45, 2.75) is 22.4 Å². The van der Waals surface area contributed by atoms with Crippen molar-refractivity contribution in [3.05, 3.63) is 42.1 Å². The van der Waals surface area contributed by atoms with Crippen molar-refractivity contribution in [3.63, 3.8) is 0 Å². The van der Waals surface area contributed by atoms with Crippen molar-refractivity contribution >= 4 is 33.4 Å². The van der Waals surface area contributed by atoms with Crippen LogP contribution in [0.15, 0.2) is 46.5 Å². The summed E-state index contributed by atoms with van der Waals surface area (Å²) in [5.41, 5.74) is -4.83. The van der Waals surface area contributed by atoms with Crippen LogP contribution in [0.25, 0.3) is 0 Å². The van der Waals surface area contributed by atoms with E-state index in [0.29, 0.717) is 0 Å². The summed E-state index contributed by atoms with van der Waals surface area (Å²) < 4.78 is 76.5. The number of morpholine rings is 1. The third kappa shape index (κ3) is 5.91. The summed E-state index contributed by atoms with van der Waals surface area (Å²) >= 11 is -0.505. The smallest absolute Gasteiger partial charge is 0.447 e. The zero-order valence-electron chi connectivity index (χ0n) is 16.9.